The minimum atomic E-state index is 0.0774. The summed E-state index contributed by atoms with van der Waals surface area (Å²) in [6, 6.07) is 2.53. The summed E-state index contributed by atoms with van der Waals surface area (Å²) < 4.78 is 9.99. The molecule has 3 aromatic rings. The first-order chi connectivity index (χ1) is 17.0. The summed E-state index contributed by atoms with van der Waals surface area (Å²) in [6.07, 6.45) is 11.0. The minimum Gasteiger partial charge on any atom is -0.495 e. The van der Waals surface area contributed by atoms with Crippen LogP contribution < -0.4 is 15.8 Å². The monoisotopic (exact) mass is 594 g/mol. The van der Waals surface area contributed by atoms with Crippen molar-refractivity contribution in [3.8, 4) is 5.75 Å². The Morgan fingerprint density at radius 2 is 2.11 bits per heavy atom. The second-order valence-corrected chi connectivity index (χ2v) is 10.3. The summed E-state index contributed by atoms with van der Waals surface area (Å²) in [4.78, 5) is 13.6. The molecule has 0 aliphatic carbocycles. The molecular formula is C24H35IN8O2. The van der Waals surface area contributed by atoms with Crippen molar-refractivity contribution in [2.75, 3.05) is 31.3 Å². The third-order valence-corrected chi connectivity index (χ3v) is 7.66. The number of fused-ring (bicyclic) bond motifs is 1. The SMILES string of the molecule is CCCC(CCO)Nc1nc(N)nc2cnn(Cc3ncc(C4CCCCCN4I)cc3OC)c12. The van der Waals surface area contributed by atoms with Gasteiger partial charge in [-0.05, 0) is 37.3 Å². The number of hydrogen-bond acceptors (Lipinski definition) is 9. The number of anilines is 2. The molecule has 190 valence electrons. The van der Waals surface area contributed by atoms with Crippen LogP contribution in [0.3, 0.4) is 0 Å². The van der Waals surface area contributed by atoms with Crippen molar-refractivity contribution < 1.29 is 9.84 Å². The van der Waals surface area contributed by atoms with Gasteiger partial charge in [0.2, 0.25) is 5.95 Å². The lowest BCUT2D eigenvalue weighted by molar-refractivity contribution is 0.276. The molecule has 4 rings (SSSR count). The van der Waals surface area contributed by atoms with Crippen molar-refractivity contribution in [1.29, 1.82) is 0 Å². The fourth-order valence-corrected chi connectivity index (χ4v) is 5.67. The van der Waals surface area contributed by atoms with Crippen LogP contribution in [0.4, 0.5) is 11.8 Å². The fourth-order valence-electron chi connectivity index (χ4n) is 4.73. The quantitative estimate of drug-likeness (QED) is 0.235. The van der Waals surface area contributed by atoms with E-state index in [1.165, 1.54) is 24.8 Å². The Hall–Kier alpha value is -2.25. The highest BCUT2D eigenvalue weighted by Crippen LogP contribution is 2.35. The van der Waals surface area contributed by atoms with Crippen LogP contribution >= 0.6 is 22.9 Å². The van der Waals surface area contributed by atoms with E-state index in [0.717, 1.165) is 42.8 Å². The molecule has 1 aliphatic rings. The van der Waals surface area contributed by atoms with Gasteiger partial charge in [-0.15, -0.1) is 0 Å². The fraction of sp³-hybridized carbons (Fsp3) is 0.583. The van der Waals surface area contributed by atoms with E-state index < -0.39 is 0 Å². The Labute approximate surface area is 220 Å². The van der Waals surface area contributed by atoms with Crippen LogP contribution in [0.15, 0.2) is 18.5 Å². The van der Waals surface area contributed by atoms with E-state index in [-0.39, 0.29) is 18.6 Å². The molecule has 4 N–H and O–H groups in total. The normalized spacial score (nSPS) is 17.9. The molecule has 10 nitrogen and oxygen atoms in total. The highest BCUT2D eigenvalue weighted by atomic mass is 127. The summed E-state index contributed by atoms with van der Waals surface area (Å²) in [5, 5.41) is 17.5. The van der Waals surface area contributed by atoms with Gasteiger partial charge in [-0.3, -0.25) is 9.67 Å². The Morgan fingerprint density at radius 1 is 1.26 bits per heavy atom. The zero-order valence-electron chi connectivity index (χ0n) is 20.5. The number of pyridine rings is 1. The Kier molecular flexibility index (Phi) is 8.95. The van der Waals surface area contributed by atoms with E-state index >= 15 is 0 Å². The predicted octanol–water partition coefficient (Wildman–Crippen LogP) is 4.09. The number of nitrogen functional groups attached to an aromatic ring is 1. The van der Waals surface area contributed by atoms with E-state index in [0.29, 0.717) is 30.3 Å². The first kappa shape index (κ1) is 25.8. The third kappa shape index (κ3) is 6.12. The van der Waals surface area contributed by atoms with Gasteiger partial charge < -0.3 is 20.9 Å². The molecule has 4 heterocycles. The molecule has 1 saturated heterocycles. The lowest BCUT2D eigenvalue weighted by Crippen LogP contribution is -2.22. The van der Waals surface area contributed by atoms with E-state index in [1.807, 2.05) is 10.9 Å². The Balaban J connectivity index is 1.65. The molecule has 2 unspecified atom stereocenters. The number of nitrogens with one attached hydrogen (secondary N) is 1. The maximum atomic E-state index is 9.48. The van der Waals surface area contributed by atoms with Gasteiger partial charge >= 0.3 is 0 Å². The molecule has 0 aromatic carbocycles. The van der Waals surface area contributed by atoms with Gasteiger partial charge in [0.15, 0.2) is 5.82 Å². The average molecular weight is 595 g/mol. The van der Waals surface area contributed by atoms with E-state index in [9.17, 15) is 5.11 Å². The van der Waals surface area contributed by atoms with Crippen LogP contribution in [0.5, 0.6) is 5.75 Å². The Bertz CT molecular complexity index is 1120. The van der Waals surface area contributed by atoms with Crippen LogP contribution in [-0.2, 0) is 6.54 Å². The summed E-state index contributed by atoms with van der Waals surface area (Å²) in [7, 11) is 1.68. The van der Waals surface area contributed by atoms with Crippen LogP contribution in [0.1, 0.15) is 69.2 Å². The van der Waals surface area contributed by atoms with Gasteiger partial charge in [0.1, 0.15) is 22.5 Å². The van der Waals surface area contributed by atoms with Crippen molar-refractivity contribution in [3.63, 3.8) is 0 Å². The molecule has 1 aliphatic heterocycles. The summed E-state index contributed by atoms with van der Waals surface area (Å²) in [6.45, 7) is 3.71. The van der Waals surface area contributed by atoms with Crippen molar-refractivity contribution >= 4 is 45.7 Å². The van der Waals surface area contributed by atoms with E-state index in [1.54, 1.807) is 13.3 Å². The van der Waals surface area contributed by atoms with Gasteiger partial charge in [-0.25, -0.2) is 8.10 Å². The van der Waals surface area contributed by atoms with Crippen LogP contribution in [-0.4, -0.2) is 59.3 Å². The maximum absolute atomic E-state index is 9.48. The number of ether oxygens (including phenoxy) is 1. The smallest absolute Gasteiger partial charge is 0.222 e. The van der Waals surface area contributed by atoms with Crippen molar-refractivity contribution in [2.45, 2.75) is 70.5 Å². The van der Waals surface area contributed by atoms with Crippen LogP contribution in [0.2, 0.25) is 0 Å². The molecule has 11 heteroatoms. The van der Waals surface area contributed by atoms with E-state index in [2.05, 4.69) is 59.4 Å². The first-order valence-electron chi connectivity index (χ1n) is 12.4. The average Bonchev–Trinajstić information content (AvgIpc) is 3.11. The first-order valence-corrected chi connectivity index (χ1v) is 13.3. The number of methoxy groups -OCH3 is 1. The number of hydrogen-bond donors (Lipinski definition) is 3. The van der Waals surface area contributed by atoms with Gasteiger partial charge in [0.25, 0.3) is 0 Å². The number of halogens is 1. The van der Waals surface area contributed by atoms with Gasteiger partial charge in [0, 0.05) is 54.3 Å². The van der Waals surface area contributed by atoms with Gasteiger partial charge in [-0.1, -0.05) is 26.2 Å². The summed E-state index contributed by atoms with van der Waals surface area (Å²) in [5.74, 6) is 1.55. The number of rotatable bonds is 10. The maximum Gasteiger partial charge on any atom is 0.222 e. The zero-order valence-corrected chi connectivity index (χ0v) is 22.6. The summed E-state index contributed by atoms with van der Waals surface area (Å²) >= 11 is 2.44. The number of aliphatic hydroxyl groups excluding tert-OH is 1. The van der Waals surface area contributed by atoms with Crippen molar-refractivity contribution in [1.82, 2.24) is 27.8 Å². The van der Waals surface area contributed by atoms with E-state index in [4.69, 9.17) is 15.5 Å². The molecule has 0 amide bonds. The second kappa shape index (κ2) is 12.1. The molecular weight excluding hydrogens is 559 g/mol. The van der Waals surface area contributed by atoms with Crippen LogP contribution in [0, 0.1) is 0 Å². The highest BCUT2D eigenvalue weighted by Gasteiger charge is 2.23. The minimum absolute atomic E-state index is 0.0774. The molecule has 3 aromatic heterocycles. The number of nitrogens with zero attached hydrogens (tertiary/aromatic N) is 6. The van der Waals surface area contributed by atoms with Crippen LogP contribution in [0.25, 0.3) is 11.0 Å². The van der Waals surface area contributed by atoms with Gasteiger partial charge in [0.05, 0.1) is 19.9 Å². The molecule has 2 atom stereocenters. The molecule has 0 radical (unpaired) electrons. The lowest BCUT2D eigenvalue weighted by Gasteiger charge is -2.24. The third-order valence-electron chi connectivity index (χ3n) is 6.50. The second-order valence-electron chi connectivity index (χ2n) is 9.01. The van der Waals surface area contributed by atoms with Gasteiger partial charge in [-0.2, -0.15) is 10.1 Å². The number of aliphatic hydroxyl groups is 1. The lowest BCUT2D eigenvalue weighted by atomic mass is 10.0. The molecule has 35 heavy (non-hydrogen) atoms. The number of aromatic nitrogens is 5. The predicted molar refractivity (Wildman–Crippen MR) is 146 cm³/mol. The molecule has 1 fully saturated rings. The van der Waals surface area contributed by atoms with Crippen molar-refractivity contribution in [3.05, 3.63) is 29.7 Å². The zero-order chi connectivity index (χ0) is 24.8. The molecule has 0 spiro atoms. The standard InChI is InChI=1S/C24H35IN8O2/c1-3-7-17(9-11-34)29-23-22-18(30-24(26)31-23)14-28-33(22)15-19-21(35-2)12-16(13-27-19)20-8-5-4-6-10-32(20)25/h12-14,17,20,34H,3-11,15H2,1-2H3,(H3,26,29,30,31). The summed E-state index contributed by atoms with van der Waals surface area (Å²) in [5.41, 5.74) is 9.37. The molecule has 0 bridgehead atoms. The largest absolute Gasteiger partial charge is 0.495 e. The topological polar surface area (TPSA) is 127 Å². The highest BCUT2D eigenvalue weighted by molar-refractivity contribution is 14.1. The number of nitrogens with two attached hydrogens (primary N) is 1. The van der Waals surface area contributed by atoms with Crippen molar-refractivity contribution in [2.24, 2.45) is 0 Å². The molecule has 0 saturated carbocycles. The Morgan fingerprint density at radius 3 is 2.89 bits per heavy atom.